The maximum atomic E-state index is 2.96. The van der Waals surface area contributed by atoms with Crippen LogP contribution < -0.4 is 40.9 Å². The lowest BCUT2D eigenvalue weighted by atomic mass is 9.32. The summed E-state index contributed by atoms with van der Waals surface area (Å²) in [7, 11) is 0. The third kappa shape index (κ3) is 6.55. The van der Waals surface area contributed by atoms with Crippen LogP contribution in [0.2, 0.25) is 0 Å². The summed E-state index contributed by atoms with van der Waals surface area (Å²) in [5, 5.41) is 0. The molecule has 8 aliphatic heterocycles. The van der Waals surface area contributed by atoms with Crippen LogP contribution in [0.5, 0.6) is 0 Å². The van der Waals surface area contributed by atoms with E-state index in [2.05, 4.69) is 194 Å². The summed E-state index contributed by atoms with van der Waals surface area (Å²) < 4.78 is 0. The second kappa shape index (κ2) is 17.8. The van der Waals surface area contributed by atoms with Crippen molar-refractivity contribution in [3.05, 3.63) is 203 Å². The summed E-state index contributed by atoms with van der Waals surface area (Å²) in [6.07, 6.45) is 13.6. The van der Waals surface area contributed by atoms with E-state index in [4.69, 9.17) is 0 Å². The van der Waals surface area contributed by atoms with Crippen LogP contribution in [0.4, 0.5) is 51.2 Å². The van der Waals surface area contributed by atoms with E-state index >= 15 is 0 Å². The second-order valence-electron chi connectivity index (χ2n) is 23.6. The molecule has 8 aliphatic rings. The Hall–Kier alpha value is -7.96. The molecule has 0 atom stereocenters. The van der Waals surface area contributed by atoms with Gasteiger partial charge in [0, 0.05) is 101 Å². The van der Waals surface area contributed by atoms with Crippen LogP contribution >= 0.6 is 0 Å². The van der Waals surface area contributed by atoms with E-state index in [1.54, 1.807) is 44.8 Å². The van der Waals surface area contributed by atoms with Crippen molar-refractivity contribution in [3.63, 3.8) is 0 Å². The molecule has 78 heavy (non-hydrogen) atoms. The molecule has 380 valence electrons. The summed E-state index contributed by atoms with van der Waals surface area (Å²) in [5.74, 6) is 0. The molecule has 0 aromatic heterocycles. The van der Waals surface area contributed by atoms with Gasteiger partial charge in [0.25, 0.3) is 6.71 Å². The van der Waals surface area contributed by atoms with Crippen molar-refractivity contribution in [2.24, 2.45) is 0 Å². The Morgan fingerprint density at radius 3 is 0.923 bits per heavy atom. The third-order valence-electron chi connectivity index (χ3n) is 19.4. The van der Waals surface area contributed by atoms with E-state index in [1.165, 1.54) is 126 Å². The molecule has 0 unspecified atom stereocenters. The molecule has 0 spiro atoms. The van der Waals surface area contributed by atoms with Crippen LogP contribution in [0.15, 0.2) is 170 Å². The molecule has 0 radical (unpaired) electrons. The smallest absolute Gasteiger partial charge is 0.252 e. The van der Waals surface area contributed by atoms with Crippen molar-refractivity contribution in [1.82, 2.24) is 0 Å². The maximum absolute atomic E-state index is 2.96. The van der Waals surface area contributed by atoms with Crippen LogP contribution in [-0.4, -0.2) is 46.0 Å². The number of nitrogens with zero attached hydrogens (tertiary/aromatic N) is 5. The molecule has 9 aromatic rings. The van der Waals surface area contributed by atoms with E-state index < -0.39 is 0 Å². The molecule has 5 nitrogen and oxygen atoms in total. The summed E-state index contributed by atoms with van der Waals surface area (Å²) in [5.41, 5.74) is 37.3. The number of hydrogen-bond acceptors (Lipinski definition) is 5. The lowest BCUT2D eigenvalue weighted by Crippen LogP contribution is -2.63. The quantitative estimate of drug-likeness (QED) is 0.154. The number of anilines is 9. The first-order chi connectivity index (χ1) is 38.8. The van der Waals surface area contributed by atoms with Crippen molar-refractivity contribution in [3.8, 4) is 44.5 Å². The molecule has 0 saturated carbocycles. The zero-order valence-corrected chi connectivity index (χ0v) is 44.7. The number of para-hydroxylation sites is 2. The number of benzene rings is 9. The first-order valence-corrected chi connectivity index (χ1v) is 29.7. The molecular weight excluding hydrogens is 946 g/mol. The standard InChI is InChI=1S/C72H64BN5/c1-5-21-47(22-6-1)53-31-13-32-54(48-23-7-2-8-24-48)67(53)77-69-57-35-17-41-74-39-15-29-51(64(57)74)45-61(69)73-62-46-52-30-16-40-75-42-18-36-58(65(52)75)70(62)78(72-60-38-20-44-76-43-19-37-59(66(60)76)71(77)63(72)73)68-55(49-25-9-3-10-26-49)33-14-34-56(68)50-27-11-4-12-28-50/h1-14,21-28,31-34,45-46H,15-20,29-30,35-44H2. The molecule has 17 rings (SSSR count). The van der Waals surface area contributed by atoms with Crippen LogP contribution in [0.1, 0.15) is 71.9 Å². The van der Waals surface area contributed by atoms with Gasteiger partial charge in [0.15, 0.2) is 0 Å². The Morgan fingerprint density at radius 1 is 0.269 bits per heavy atom. The van der Waals surface area contributed by atoms with E-state index in [0.29, 0.717) is 0 Å². The van der Waals surface area contributed by atoms with E-state index in [0.717, 1.165) is 90.6 Å². The van der Waals surface area contributed by atoms with Crippen molar-refractivity contribution < 1.29 is 0 Å². The predicted octanol–water partition coefficient (Wildman–Crippen LogP) is 14.5. The minimum Gasteiger partial charge on any atom is -0.371 e. The van der Waals surface area contributed by atoms with Gasteiger partial charge in [0.2, 0.25) is 0 Å². The highest BCUT2D eigenvalue weighted by Gasteiger charge is 2.52. The highest BCUT2D eigenvalue weighted by atomic mass is 15.2. The Morgan fingerprint density at radius 2 is 0.577 bits per heavy atom. The van der Waals surface area contributed by atoms with Crippen molar-refractivity contribution in [1.29, 1.82) is 0 Å². The van der Waals surface area contributed by atoms with Crippen molar-refractivity contribution in [2.75, 3.05) is 63.8 Å². The molecule has 8 heterocycles. The van der Waals surface area contributed by atoms with E-state index in [1.807, 2.05) is 0 Å². The monoisotopic (exact) mass is 1010 g/mol. The minimum absolute atomic E-state index is 0.0529. The third-order valence-corrected chi connectivity index (χ3v) is 19.4. The van der Waals surface area contributed by atoms with Gasteiger partial charge in [0.1, 0.15) is 0 Å². The van der Waals surface area contributed by atoms with Gasteiger partial charge in [-0.25, -0.2) is 0 Å². The second-order valence-corrected chi connectivity index (χ2v) is 23.6. The first-order valence-electron chi connectivity index (χ1n) is 29.7. The van der Waals surface area contributed by atoms with Gasteiger partial charge in [-0.3, -0.25) is 0 Å². The largest absolute Gasteiger partial charge is 0.371 e. The fraction of sp³-hybridized carbons (Fsp3) is 0.250. The Labute approximate surface area is 460 Å². The molecule has 0 N–H and O–H groups in total. The fourth-order valence-corrected chi connectivity index (χ4v) is 16.5. The van der Waals surface area contributed by atoms with Crippen LogP contribution in [0, 0.1) is 0 Å². The summed E-state index contributed by atoms with van der Waals surface area (Å²) in [6, 6.07) is 65.5. The summed E-state index contributed by atoms with van der Waals surface area (Å²) in [6.45, 7) is 6.81. The Kier molecular flexibility index (Phi) is 10.3. The van der Waals surface area contributed by atoms with Gasteiger partial charge in [-0.1, -0.05) is 170 Å². The lowest BCUT2D eigenvalue weighted by molar-refractivity contribution is 0.632. The summed E-state index contributed by atoms with van der Waals surface area (Å²) in [4.78, 5) is 14.4. The van der Waals surface area contributed by atoms with Crippen molar-refractivity contribution >= 4 is 74.3 Å². The van der Waals surface area contributed by atoms with Gasteiger partial charge >= 0.3 is 0 Å². The minimum atomic E-state index is 0.0529. The topological polar surface area (TPSA) is 16.2 Å². The van der Waals surface area contributed by atoms with Gasteiger partial charge in [-0.15, -0.1) is 0 Å². The van der Waals surface area contributed by atoms with Crippen LogP contribution in [0.3, 0.4) is 0 Å². The Balaban J connectivity index is 1.10. The fourth-order valence-electron chi connectivity index (χ4n) is 16.5. The molecule has 6 heteroatoms. The predicted molar refractivity (Wildman–Crippen MR) is 329 cm³/mol. The number of rotatable bonds is 6. The zero-order valence-electron chi connectivity index (χ0n) is 44.7. The molecule has 0 saturated heterocycles. The van der Waals surface area contributed by atoms with Gasteiger partial charge in [0.05, 0.1) is 11.4 Å². The summed E-state index contributed by atoms with van der Waals surface area (Å²) >= 11 is 0. The normalized spacial score (nSPS) is 17.2. The number of fused-ring (bicyclic) bond motifs is 8. The Bertz CT molecular complexity index is 3540. The zero-order chi connectivity index (χ0) is 51.0. The number of aryl methyl sites for hydroxylation is 2. The molecule has 9 aromatic carbocycles. The molecular formula is C72H64BN5. The van der Waals surface area contributed by atoms with Gasteiger partial charge in [-0.2, -0.15) is 0 Å². The lowest BCUT2D eigenvalue weighted by Gasteiger charge is -2.52. The maximum Gasteiger partial charge on any atom is 0.252 e. The average molecular weight is 1010 g/mol. The van der Waals surface area contributed by atoms with Gasteiger partial charge in [-0.05, 0) is 149 Å². The van der Waals surface area contributed by atoms with Crippen LogP contribution in [0.25, 0.3) is 44.5 Å². The van der Waals surface area contributed by atoms with Gasteiger partial charge < -0.3 is 24.5 Å². The number of hydrogen-bond donors (Lipinski definition) is 0. The van der Waals surface area contributed by atoms with Crippen LogP contribution in [-0.2, 0) is 38.5 Å². The molecule has 0 amide bonds. The van der Waals surface area contributed by atoms with Crippen molar-refractivity contribution in [2.45, 2.75) is 77.0 Å². The SMILES string of the molecule is c1ccc(-c2cccc(-c3ccccc3)c2N2c3c(cc4c5c3CCCN5CCC4)B3c4cc5c6c(c4N(c4c(-c7ccccc7)cccc4-c4ccccc4)c4c7c8c(c2c43)CCCN8CCC7)CCCN6CCC5)cc1. The molecule has 0 aliphatic carbocycles. The highest BCUT2D eigenvalue weighted by Crippen LogP contribution is 2.60. The first kappa shape index (κ1) is 45.1. The molecule has 0 fully saturated rings. The average Bonchev–Trinajstić information content (AvgIpc) is 3.42. The molecule has 0 bridgehead atoms. The highest BCUT2D eigenvalue weighted by molar-refractivity contribution is 7.00. The van der Waals surface area contributed by atoms with E-state index in [-0.39, 0.29) is 6.71 Å². The van der Waals surface area contributed by atoms with E-state index in [9.17, 15) is 0 Å².